The number of amides is 1. The molecule has 1 aliphatic heterocycles. The van der Waals surface area contributed by atoms with Gasteiger partial charge in [0.05, 0.1) is 12.1 Å². The summed E-state index contributed by atoms with van der Waals surface area (Å²) in [6.07, 6.45) is 0. The first-order valence-corrected chi connectivity index (χ1v) is 13.3. The number of hydrogen-bond donors (Lipinski definition) is 3. The highest BCUT2D eigenvalue weighted by atomic mass is 32.2. The summed E-state index contributed by atoms with van der Waals surface area (Å²) >= 11 is 1.61. The van der Waals surface area contributed by atoms with Gasteiger partial charge in [0.25, 0.3) is 5.91 Å². The average Bonchev–Trinajstić information content (AvgIpc) is 2.98. The van der Waals surface area contributed by atoms with E-state index in [1.165, 1.54) is 0 Å². The second-order valence-electron chi connectivity index (χ2n) is 8.88. The molecule has 8 nitrogen and oxygen atoms in total. The second-order valence-corrected chi connectivity index (χ2v) is 9.97. The summed E-state index contributed by atoms with van der Waals surface area (Å²) in [6.45, 7) is 0.741. The van der Waals surface area contributed by atoms with Gasteiger partial charge < -0.3 is 10.4 Å². The molecule has 0 aliphatic carbocycles. The van der Waals surface area contributed by atoms with Gasteiger partial charge in [-0.15, -0.1) is 5.17 Å². The molecule has 0 fully saturated rings. The minimum Gasteiger partial charge on any atom is -0.392 e. The third-order valence-electron chi connectivity index (χ3n) is 6.36. The van der Waals surface area contributed by atoms with Crippen LogP contribution in [0.3, 0.4) is 0 Å². The van der Waals surface area contributed by atoms with Crippen molar-refractivity contribution in [1.29, 1.82) is 0 Å². The van der Waals surface area contributed by atoms with Gasteiger partial charge in [-0.2, -0.15) is 4.98 Å². The van der Waals surface area contributed by atoms with Gasteiger partial charge in [-0.05, 0) is 47.0 Å². The fourth-order valence-corrected chi connectivity index (χ4v) is 5.42. The number of hydroxylamine groups is 1. The molecule has 0 unspecified atom stereocenters. The van der Waals surface area contributed by atoms with Crippen LogP contribution in [0.1, 0.15) is 27.0 Å². The van der Waals surface area contributed by atoms with Crippen LogP contribution in [0.2, 0.25) is 0 Å². The fourth-order valence-electron chi connectivity index (χ4n) is 4.35. The van der Waals surface area contributed by atoms with Gasteiger partial charge >= 0.3 is 0 Å². The van der Waals surface area contributed by atoms with Crippen molar-refractivity contribution in [3.8, 4) is 0 Å². The first kappa shape index (κ1) is 24.9. The summed E-state index contributed by atoms with van der Waals surface area (Å²) in [5.41, 5.74) is 7.15. The predicted molar refractivity (Wildman–Crippen MR) is 151 cm³/mol. The van der Waals surface area contributed by atoms with Crippen LogP contribution in [0.5, 0.6) is 0 Å². The molecule has 2 heterocycles. The largest absolute Gasteiger partial charge is 0.392 e. The lowest BCUT2D eigenvalue weighted by atomic mass is 10.1. The molecule has 0 saturated heterocycles. The number of anilines is 2. The number of fused-ring (bicyclic) bond motifs is 2. The minimum atomic E-state index is -0.289. The first-order chi connectivity index (χ1) is 19.2. The van der Waals surface area contributed by atoms with Crippen molar-refractivity contribution >= 4 is 40.3 Å². The molecule has 194 valence electrons. The summed E-state index contributed by atoms with van der Waals surface area (Å²) in [4.78, 5) is 30.2. The van der Waals surface area contributed by atoms with Gasteiger partial charge in [0.2, 0.25) is 5.95 Å². The van der Waals surface area contributed by atoms with Gasteiger partial charge in [-0.1, -0.05) is 78.5 Å². The molecule has 5 aromatic rings. The van der Waals surface area contributed by atoms with Crippen molar-refractivity contribution < 1.29 is 14.7 Å². The predicted octanol–water partition coefficient (Wildman–Crippen LogP) is 5.80. The lowest BCUT2D eigenvalue weighted by Gasteiger charge is -2.28. The molecule has 0 spiro atoms. The van der Waals surface area contributed by atoms with Crippen molar-refractivity contribution in [3.05, 3.63) is 119 Å². The first-order valence-electron chi connectivity index (χ1n) is 12.5. The fraction of sp³-hybridized carbons (Fsp3) is 0.100. The Bertz CT molecular complexity index is 1660. The van der Waals surface area contributed by atoms with E-state index in [4.69, 9.17) is 14.8 Å². The lowest BCUT2D eigenvalue weighted by Crippen LogP contribution is -2.40. The number of hydrogen-bond acceptors (Lipinski definition) is 8. The van der Waals surface area contributed by atoms with E-state index in [1.54, 1.807) is 17.8 Å². The molecule has 0 bridgehead atoms. The van der Waals surface area contributed by atoms with Crippen LogP contribution in [0.25, 0.3) is 10.9 Å². The molecule has 0 saturated carbocycles. The third-order valence-corrected chi connectivity index (χ3v) is 7.60. The van der Waals surface area contributed by atoms with Crippen LogP contribution in [0.15, 0.2) is 107 Å². The Balaban J connectivity index is 1.25. The molecule has 0 radical (unpaired) electrons. The number of aliphatic hydroxyl groups excluding tert-OH is 1. The van der Waals surface area contributed by atoms with Gasteiger partial charge in [0.1, 0.15) is 6.61 Å². The second kappa shape index (κ2) is 11.1. The van der Waals surface area contributed by atoms with E-state index >= 15 is 0 Å². The van der Waals surface area contributed by atoms with Gasteiger partial charge in [0, 0.05) is 27.3 Å². The van der Waals surface area contributed by atoms with Crippen LogP contribution in [0.4, 0.5) is 11.8 Å². The Labute approximate surface area is 229 Å². The van der Waals surface area contributed by atoms with Crippen molar-refractivity contribution in [1.82, 2.24) is 15.1 Å². The smallest absolute Gasteiger partial charge is 0.297 e. The molecular formula is C30H25N5O3S. The summed E-state index contributed by atoms with van der Waals surface area (Å²) in [5.74, 6) is 0.579. The Morgan fingerprint density at radius 1 is 0.846 bits per heavy atom. The number of aromatic nitrogens is 2. The van der Waals surface area contributed by atoms with E-state index in [-0.39, 0.29) is 19.1 Å². The SMILES string of the molecule is O=C1c2ccccc2CON1Nc1nc(NCc2ccccc2Sc2ccccc2CO)nc2ccccc12. The highest BCUT2D eigenvalue weighted by Crippen LogP contribution is 2.33. The Hall–Kier alpha value is -4.44. The number of nitrogens with one attached hydrogen (secondary N) is 2. The number of para-hydroxylation sites is 1. The van der Waals surface area contributed by atoms with Crippen LogP contribution in [-0.4, -0.2) is 26.2 Å². The van der Waals surface area contributed by atoms with Gasteiger partial charge in [0.15, 0.2) is 5.82 Å². The molecule has 1 aliphatic rings. The van der Waals surface area contributed by atoms with Crippen LogP contribution in [-0.2, 0) is 24.6 Å². The van der Waals surface area contributed by atoms with Crippen molar-refractivity contribution in [2.45, 2.75) is 29.5 Å². The number of aliphatic hydroxyl groups is 1. The molecule has 0 atom stereocenters. The molecule has 1 amide bonds. The molecule has 6 rings (SSSR count). The summed E-state index contributed by atoms with van der Waals surface area (Å²) < 4.78 is 0. The summed E-state index contributed by atoms with van der Waals surface area (Å²) in [7, 11) is 0. The van der Waals surface area contributed by atoms with Crippen LogP contribution >= 0.6 is 11.8 Å². The quantitative estimate of drug-likeness (QED) is 0.229. The zero-order valence-electron chi connectivity index (χ0n) is 20.9. The monoisotopic (exact) mass is 535 g/mol. The van der Waals surface area contributed by atoms with Crippen molar-refractivity contribution in [2.75, 3.05) is 10.7 Å². The molecule has 3 N–H and O–H groups in total. The van der Waals surface area contributed by atoms with E-state index < -0.39 is 0 Å². The van der Waals surface area contributed by atoms with E-state index in [1.807, 2.05) is 78.9 Å². The van der Waals surface area contributed by atoms with Gasteiger partial charge in [-0.3, -0.25) is 10.2 Å². The zero-order valence-corrected chi connectivity index (χ0v) is 21.7. The molecule has 39 heavy (non-hydrogen) atoms. The maximum Gasteiger partial charge on any atom is 0.297 e. The standard InChI is InChI=1S/C30H25N5O3S/c36-18-21-10-3-8-16-27(21)39-26-15-7-2-9-20(26)17-31-30-32-25-14-6-5-13-24(25)28(33-30)34-35-29(37)23-12-4-1-11-22(23)19-38-35/h1-16,36H,17-19H2,(H2,31,32,33,34). The normalized spacial score (nSPS) is 12.8. The van der Waals surface area contributed by atoms with Gasteiger partial charge in [-0.25, -0.2) is 9.82 Å². The van der Waals surface area contributed by atoms with Crippen molar-refractivity contribution in [3.63, 3.8) is 0 Å². The Kier molecular flexibility index (Phi) is 7.09. The van der Waals surface area contributed by atoms with Crippen LogP contribution < -0.4 is 10.7 Å². The number of carbonyl (C=O) groups excluding carboxylic acids is 1. The molecular weight excluding hydrogens is 510 g/mol. The molecule has 1 aromatic heterocycles. The highest BCUT2D eigenvalue weighted by Gasteiger charge is 2.26. The van der Waals surface area contributed by atoms with Crippen molar-refractivity contribution in [2.24, 2.45) is 0 Å². The average molecular weight is 536 g/mol. The van der Waals surface area contributed by atoms with Crippen LogP contribution in [0, 0.1) is 0 Å². The Morgan fingerprint density at radius 3 is 2.38 bits per heavy atom. The topological polar surface area (TPSA) is 99.6 Å². The minimum absolute atomic E-state index is 0.0148. The highest BCUT2D eigenvalue weighted by molar-refractivity contribution is 7.99. The number of hydrazine groups is 1. The van der Waals surface area contributed by atoms with E-state index in [0.29, 0.717) is 23.9 Å². The van der Waals surface area contributed by atoms with E-state index in [9.17, 15) is 9.90 Å². The maximum atomic E-state index is 13.0. The third kappa shape index (κ3) is 5.28. The maximum absolute atomic E-state index is 13.0. The Morgan fingerprint density at radius 2 is 1.54 bits per heavy atom. The lowest BCUT2D eigenvalue weighted by molar-refractivity contribution is -0.123. The molecule has 4 aromatic carbocycles. The van der Waals surface area contributed by atoms with E-state index in [0.717, 1.165) is 42.6 Å². The van der Waals surface area contributed by atoms with E-state index in [2.05, 4.69) is 22.9 Å². The zero-order chi connectivity index (χ0) is 26.6. The number of rotatable bonds is 8. The number of nitrogens with zero attached hydrogens (tertiary/aromatic N) is 3. The summed E-state index contributed by atoms with van der Waals surface area (Å²) in [5, 5.41) is 15.0. The number of benzene rings is 4. The molecule has 9 heteroatoms. The summed E-state index contributed by atoms with van der Waals surface area (Å²) in [6, 6.07) is 30.9. The number of carbonyl (C=O) groups is 1.